The minimum absolute atomic E-state index is 0.0625. The fourth-order valence-electron chi connectivity index (χ4n) is 3.14. The second kappa shape index (κ2) is 10.6. The van der Waals surface area contributed by atoms with E-state index in [0.717, 1.165) is 11.3 Å². The summed E-state index contributed by atoms with van der Waals surface area (Å²) in [7, 11) is 5.45. The molecule has 3 rings (SSSR count). The molecule has 1 saturated heterocycles. The number of rotatable bonds is 8. The van der Waals surface area contributed by atoms with Crippen molar-refractivity contribution in [1.29, 1.82) is 0 Å². The number of nitrogens with zero attached hydrogens (tertiary/aromatic N) is 2. The normalized spacial score (nSPS) is 13.8. The Labute approximate surface area is 182 Å². The highest BCUT2D eigenvalue weighted by Gasteiger charge is 2.18. The van der Waals surface area contributed by atoms with Gasteiger partial charge < -0.3 is 24.0 Å². The van der Waals surface area contributed by atoms with E-state index < -0.39 is 0 Å². The summed E-state index contributed by atoms with van der Waals surface area (Å²) in [6, 6.07) is 12.8. The molecular weight excluding hydrogens is 396 g/mol. The fourth-order valence-corrected chi connectivity index (χ4v) is 3.14. The molecule has 1 heterocycles. The number of ether oxygens (including phenoxy) is 3. The van der Waals surface area contributed by atoms with Crippen LogP contribution in [0, 0.1) is 0 Å². The predicted octanol–water partition coefficient (Wildman–Crippen LogP) is 2.89. The van der Waals surface area contributed by atoms with Gasteiger partial charge in [0.25, 0.3) is 5.91 Å². The van der Waals surface area contributed by atoms with Crippen LogP contribution in [0.25, 0.3) is 6.08 Å². The van der Waals surface area contributed by atoms with Crippen molar-refractivity contribution >= 4 is 23.5 Å². The van der Waals surface area contributed by atoms with Gasteiger partial charge in [-0.25, -0.2) is 0 Å². The molecule has 0 aromatic heterocycles. The van der Waals surface area contributed by atoms with Crippen LogP contribution in [0.4, 0.5) is 5.69 Å². The average Bonchev–Trinajstić information content (AvgIpc) is 2.81. The Balaban J connectivity index is 1.62. The minimum Gasteiger partial charge on any atom is -0.493 e. The van der Waals surface area contributed by atoms with E-state index >= 15 is 0 Å². The molecule has 164 valence electrons. The number of hydrogen-bond donors (Lipinski definition) is 0. The highest BCUT2D eigenvalue weighted by atomic mass is 16.5. The van der Waals surface area contributed by atoms with E-state index in [2.05, 4.69) is 0 Å². The number of morpholine rings is 1. The van der Waals surface area contributed by atoms with Gasteiger partial charge in [0.15, 0.2) is 23.9 Å². The van der Waals surface area contributed by atoms with Gasteiger partial charge in [-0.1, -0.05) is 12.1 Å². The first-order valence-electron chi connectivity index (χ1n) is 10.1. The SMILES string of the molecule is COc1cc(/C=C/C(=O)c2ccc(N(C)C)cc2)ccc1OCC(=O)N1CCOCC1. The fraction of sp³-hybridized carbons (Fsp3) is 0.333. The lowest BCUT2D eigenvalue weighted by atomic mass is 10.1. The Morgan fingerprint density at radius 2 is 1.77 bits per heavy atom. The van der Waals surface area contributed by atoms with Crippen LogP contribution >= 0.6 is 0 Å². The van der Waals surface area contributed by atoms with Crippen molar-refractivity contribution in [3.63, 3.8) is 0 Å². The second-order valence-corrected chi connectivity index (χ2v) is 7.33. The number of carbonyl (C=O) groups is 2. The standard InChI is InChI=1S/C24H28N2O5/c1-25(2)20-8-6-19(7-9-20)21(27)10-4-18-5-11-22(23(16-18)29-3)31-17-24(28)26-12-14-30-15-13-26/h4-11,16H,12-15,17H2,1-3H3/b10-4+. The number of ketones is 1. The third-order valence-electron chi connectivity index (χ3n) is 5.00. The summed E-state index contributed by atoms with van der Waals surface area (Å²) >= 11 is 0. The Morgan fingerprint density at radius 1 is 1.06 bits per heavy atom. The van der Waals surface area contributed by atoms with Crippen LogP contribution in [-0.2, 0) is 9.53 Å². The largest absolute Gasteiger partial charge is 0.493 e. The molecule has 1 aliphatic heterocycles. The highest BCUT2D eigenvalue weighted by Crippen LogP contribution is 2.28. The van der Waals surface area contributed by atoms with Gasteiger partial charge in [-0.2, -0.15) is 0 Å². The number of hydrogen-bond acceptors (Lipinski definition) is 6. The van der Waals surface area contributed by atoms with Crippen LogP contribution in [0.2, 0.25) is 0 Å². The van der Waals surface area contributed by atoms with E-state index in [1.165, 1.54) is 13.2 Å². The number of carbonyl (C=O) groups excluding carboxylic acids is 2. The number of methoxy groups -OCH3 is 1. The lowest BCUT2D eigenvalue weighted by molar-refractivity contribution is -0.137. The van der Waals surface area contributed by atoms with Gasteiger partial charge in [0.2, 0.25) is 0 Å². The topological polar surface area (TPSA) is 68.3 Å². The van der Waals surface area contributed by atoms with Crippen molar-refractivity contribution in [3.8, 4) is 11.5 Å². The number of allylic oxidation sites excluding steroid dienone is 1. The molecule has 0 spiro atoms. The maximum atomic E-state index is 12.4. The maximum Gasteiger partial charge on any atom is 0.260 e. The van der Waals surface area contributed by atoms with Gasteiger partial charge in [0.05, 0.1) is 20.3 Å². The lowest BCUT2D eigenvalue weighted by Gasteiger charge is -2.26. The zero-order chi connectivity index (χ0) is 22.2. The molecule has 7 nitrogen and oxygen atoms in total. The molecule has 0 radical (unpaired) electrons. The second-order valence-electron chi connectivity index (χ2n) is 7.33. The Kier molecular flexibility index (Phi) is 7.67. The number of anilines is 1. The first-order chi connectivity index (χ1) is 15.0. The van der Waals surface area contributed by atoms with Crippen LogP contribution < -0.4 is 14.4 Å². The highest BCUT2D eigenvalue weighted by molar-refractivity contribution is 6.07. The number of benzene rings is 2. The molecule has 0 atom stereocenters. The summed E-state index contributed by atoms with van der Waals surface area (Å²) in [6.45, 7) is 2.19. The zero-order valence-corrected chi connectivity index (χ0v) is 18.2. The monoisotopic (exact) mass is 424 g/mol. The third kappa shape index (κ3) is 6.08. The molecule has 0 saturated carbocycles. The average molecular weight is 424 g/mol. The van der Waals surface area contributed by atoms with Gasteiger partial charge in [0, 0.05) is 38.4 Å². The third-order valence-corrected chi connectivity index (χ3v) is 5.00. The Hall–Kier alpha value is -3.32. The number of amides is 1. The van der Waals surface area contributed by atoms with E-state index in [1.807, 2.05) is 49.3 Å². The summed E-state index contributed by atoms with van der Waals surface area (Å²) in [4.78, 5) is 28.4. The van der Waals surface area contributed by atoms with E-state index in [4.69, 9.17) is 14.2 Å². The molecule has 2 aromatic rings. The summed E-state index contributed by atoms with van der Waals surface area (Å²) < 4.78 is 16.3. The van der Waals surface area contributed by atoms with Crippen molar-refractivity contribution in [2.75, 3.05) is 59.0 Å². The van der Waals surface area contributed by atoms with E-state index in [-0.39, 0.29) is 18.3 Å². The van der Waals surface area contributed by atoms with Gasteiger partial charge >= 0.3 is 0 Å². The van der Waals surface area contributed by atoms with Crippen LogP contribution in [0.5, 0.6) is 11.5 Å². The summed E-state index contributed by atoms with van der Waals surface area (Å²) in [5.41, 5.74) is 2.45. The molecule has 0 aliphatic carbocycles. The van der Waals surface area contributed by atoms with Crippen molar-refractivity contribution in [2.45, 2.75) is 0 Å². The Bertz CT molecular complexity index is 931. The summed E-state index contributed by atoms with van der Waals surface area (Å²) in [5.74, 6) is 0.812. The van der Waals surface area contributed by atoms with E-state index in [0.29, 0.717) is 43.4 Å². The zero-order valence-electron chi connectivity index (χ0n) is 18.2. The first kappa shape index (κ1) is 22.4. The molecule has 7 heteroatoms. The summed E-state index contributed by atoms with van der Waals surface area (Å²) in [5, 5.41) is 0. The van der Waals surface area contributed by atoms with Crippen molar-refractivity contribution < 1.29 is 23.8 Å². The van der Waals surface area contributed by atoms with Crippen LogP contribution in [0.1, 0.15) is 15.9 Å². The molecule has 31 heavy (non-hydrogen) atoms. The van der Waals surface area contributed by atoms with Gasteiger partial charge in [0.1, 0.15) is 0 Å². The first-order valence-corrected chi connectivity index (χ1v) is 10.1. The van der Waals surface area contributed by atoms with Gasteiger partial charge in [-0.15, -0.1) is 0 Å². The molecule has 1 fully saturated rings. The lowest BCUT2D eigenvalue weighted by Crippen LogP contribution is -2.43. The van der Waals surface area contributed by atoms with E-state index in [1.54, 1.807) is 23.1 Å². The molecular formula is C24H28N2O5. The molecule has 2 aromatic carbocycles. The quantitative estimate of drug-likeness (QED) is 0.480. The van der Waals surface area contributed by atoms with Crippen LogP contribution in [0.15, 0.2) is 48.5 Å². The van der Waals surface area contributed by atoms with Gasteiger partial charge in [-0.05, 0) is 48.0 Å². The minimum atomic E-state index is -0.0831. The smallest absolute Gasteiger partial charge is 0.260 e. The van der Waals surface area contributed by atoms with E-state index in [9.17, 15) is 9.59 Å². The molecule has 0 bridgehead atoms. The van der Waals surface area contributed by atoms with Crippen molar-refractivity contribution in [2.24, 2.45) is 0 Å². The molecule has 1 amide bonds. The molecule has 1 aliphatic rings. The van der Waals surface area contributed by atoms with Gasteiger partial charge in [-0.3, -0.25) is 9.59 Å². The Morgan fingerprint density at radius 3 is 2.42 bits per heavy atom. The molecule has 0 N–H and O–H groups in total. The van der Waals surface area contributed by atoms with Crippen molar-refractivity contribution in [3.05, 3.63) is 59.7 Å². The predicted molar refractivity (Wildman–Crippen MR) is 120 cm³/mol. The molecule has 0 unspecified atom stereocenters. The maximum absolute atomic E-state index is 12.4. The van der Waals surface area contributed by atoms with Crippen LogP contribution in [-0.4, -0.2) is 70.7 Å². The van der Waals surface area contributed by atoms with Crippen LogP contribution in [0.3, 0.4) is 0 Å². The summed E-state index contributed by atoms with van der Waals surface area (Å²) in [6.07, 6.45) is 3.26. The van der Waals surface area contributed by atoms with Crippen molar-refractivity contribution in [1.82, 2.24) is 4.90 Å².